The molecule has 126 valence electrons. The first kappa shape index (κ1) is 18.7. The Morgan fingerprint density at radius 3 is 2.55 bits per heavy atom. The smallest absolute Gasteiger partial charge is 0.392 e. The van der Waals surface area contributed by atoms with Gasteiger partial charge in [-0.15, -0.1) is 0 Å². The Balaban J connectivity index is 2.85. The molecule has 2 atom stereocenters. The van der Waals surface area contributed by atoms with Crippen molar-refractivity contribution in [3.8, 4) is 0 Å². The van der Waals surface area contributed by atoms with Crippen molar-refractivity contribution in [2.45, 2.75) is 12.3 Å². The van der Waals surface area contributed by atoms with Crippen molar-refractivity contribution in [3.05, 3.63) is 33.1 Å². The molecule has 0 spiro atoms. The average Bonchev–Trinajstić information content (AvgIpc) is 2.42. The number of ether oxygens (including phenoxy) is 2. The van der Waals surface area contributed by atoms with Crippen molar-refractivity contribution in [1.29, 1.82) is 0 Å². The topological polar surface area (TPSA) is 160 Å². The van der Waals surface area contributed by atoms with Gasteiger partial charge in [-0.05, 0) is 0 Å². The molecule has 1 aromatic rings. The van der Waals surface area contributed by atoms with E-state index >= 15 is 0 Å². The van der Waals surface area contributed by atoms with Crippen molar-refractivity contribution in [1.82, 2.24) is 9.55 Å². The lowest BCUT2D eigenvalue weighted by molar-refractivity contribution is -0.117. The molecule has 4 N–H and O–H groups in total. The van der Waals surface area contributed by atoms with Gasteiger partial charge in [-0.25, -0.2) is 9.36 Å². The standard InChI is InChI=1S/C10H17N2O9P/c1-19-5-7(6-20-22(16,17)18)21-9(4-13)12-3-2-8(14)11-10(12)15/h2-3,7,9,13H,4-6H2,1H3,(H,11,14,15)(H2,16,17,18)/t7-,9+/m0/s1. The molecule has 11 nitrogen and oxygen atoms in total. The highest BCUT2D eigenvalue weighted by Crippen LogP contribution is 2.36. The third-order valence-corrected chi connectivity index (χ3v) is 2.93. The van der Waals surface area contributed by atoms with E-state index in [1.807, 2.05) is 4.98 Å². The molecule has 0 saturated carbocycles. The van der Waals surface area contributed by atoms with Crippen molar-refractivity contribution in [3.63, 3.8) is 0 Å². The maximum absolute atomic E-state index is 11.6. The molecule has 0 aliphatic rings. The van der Waals surface area contributed by atoms with E-state index in [4.69, 9.17) is 19.3 Å². The highest BCUT2D eigenvalue weighted by atomic mass is 31.2. The largest absolute Gasteiger partial charge is 0.469 e. The lowest BCUT2D eigenvalue weighted by Gasteiger charge is -2.24. The van der Waals surface area contributed by atoms with Crippen LogP contribution in [0.5, 0.6) is 0 Å². The number of nitrogens with one attached hydrogen (secondary N) is 1. The van der Waals surface area contributed by atoms with Crippen LogP contribution in [0.2, 0.25) is 0 Å². The van der Waals surface area contributed by atoms with Crippen LogP contribution in [-0.4, -0.2) is 57.5 Å². The number of aliphatic hydroxyl groups is 1. The molecule has 0 radical (unpaired) electrons. The van der Waals surface area contributed by atoms with Gasteiger partial charge in [0.05, 0.1) is 19.8 Å². The van der Waals surface area contributed by atoms with E-state index < -0.39 is 44.6 Å². The van der Waals surface area contributed by atoms with Gasteiger partial charge in [0.15, 0.2) is 6.23 Å². The summed E-state index contributed by atoms with van der Waals surface area (Å²) in [6.45, 7) is -1.25. The lowest BCUT2D eigenvalue weighted by atomic mass is 10.4. The van der Waals surface area contributed by atoms with Crippen LogP contribution in [0.15, 0.2) is 21.9 Å². The normalized spacial score (nSPS) is 14.7. The van der Waals surface area contributed by atoms with Gasteiger partial charge < -0.3 is 24.4 Å². The number of hydrogen-bond acceptors (Lipinski definition) is 7. The zero-order valence-corrected chi connectivity index (χ0v) is 12.5. The summed E-state index contributed by atoms with van der Waals surface area (Å²) in [6.07, 6.45) is -1.03. The summed E-state index contributed by atoms with van der Waals surface area (Å²) in [5.74, 6) is 0. The highest BCUT2D eigenvalue weighted by molar-refractivity contribution is 7.46. The zero-order valence-electron chi connectivity index (χ0n) is 11.6. The molecule has 0 bridgehead atoms. The summed E-state index contributed by atoms with van der Waals surface area (Å²) < 4.78 is 26.1. The van der Waals surface area contributed by atoms with E-state index in [0.717, 1.165) is 16.8 Å². The second-order valence-electron chi connectivity index (χ2n) is 4.15. The van der Waals surface area contributed by atoms with Gasteiger partial charge in [-0.1, -0.05) is 0 Å². The van der Waals surface area contributed by atoms with Crippen molar-refractivity contribution < 1.29 is 33.5 Å². The molecular formula is C10H17N2O9P. The summed E-state index contributed by atoms with van der Waals surface area (Å²) >= 11 is 0. The maximum atomic E-state index is 11.6. The Morgan fingerprint density at radius 2 is 2.05 bits per heavy atom. The molecule has 12 heteroatoms. The van der Waals surface area contributed by atoms with Crippen molar-refractivity contribution in [2.24, 2.45) is 0 Å². The van der Waals surface area contributed by atoms with Crippen LogP contribution in [-0.2, 0) is 18.6 Å². The summed E-state index contributed by atoms with van der Waals surface area (Å²) in [4.78, 5) is 41.9. The molecule has 0 aromatic carbocycles. The van der Waals surface area contributed by atoms with Crippen molar-refractivity contribution in [2.75, 3.05) is 26.9 Å². The van der Waals surface area contributed by atoms with E-state index in [9.17, 15) is 19.3 Å². The highest BCUT2D eigenvalue weighted by Gasteiger charge is 2.23. The molecule has 1 rings (SSSR count). The molecule has 22 heavy (non-hydrogen) atoms. The zero-order chi connectivity index (χ0) is 16.8. The second-order valence-corrected chi connectivity index (χ2v) is 5.39. The third-order valence-electron chi connectivity index (χ3n) is 2.45. The van der Waals surface area contributed by atoms with Gasteiger partial charge in [0.2, 0.25) is 0 Å². The number of nitrogens with zero attached hydrogens (tertiary/aromatic N) is 1. The van der Waals surface area contributed by atoms with Crippen molar-refractivity contribution >= 4 is 7.82 Å². The van der Waals surface area contributed by atoms with E-state index in [-0.39, 0.29) is 6.61 Å². The minimum Gasteiger partial charge on any atom is -0.392 e. The summed E-state index contributed by atoms with van der Waals surface area (Å²) in [5, 5.41) is 9.31. The predicted molar refractivity (Wildman–Crippen MR) is 72.2 cm³/mol. The lowest BCUT2D eigenvalue weighted by Crippen LogP contribution is -2.37. The van der Waals surface area contributed by atoms with Crippen LogP contribution in [0.1, 0.15) is 6.23 Å². The first-order valence-corrected chi connectivity index (χ1v) is 7.56. The van der Waals surface area contributed by atoms with Gasteiger partial charge in [-0.3, -0.25) is 18.9 Å². The van der Waals surface area contributed by atoms with Gasteiger partial charge in [0, 0.05) is 19.4 Å². The Labute approximate surface area is 124 Å². The Hall–Kier alpha value is -1.33. The van der Waals surface area contributed by atoms with Crippen LogP contribution in [0.4, 0.5) is 0 Å². The number of methoxy groups -OCH3 is 1. The number of phosphoric ester groups is 1. The molecule has 0 amide bonds. The molecule has 1 heterocycles. The minimum atomic E-state index is -4.70. The number of aliphatic hydroxyl groups excluding tert-OH is 1. The van der Waals surface area contributed by atoms with Gasteiger partial charge in [-0.2, -0.15) is 0 Å². The number of H-pyrrole nitrogens is 1. The van der Waals surface area contributed by atoms with E-state index in [0.29, 0.717) is 0 Å². The van der Waals surface area contributed by atoms with Gasteiger partial charge in [0.1, 0.15) is 6.10 Å². The van der Waals surface area contributed by atoms with E-state index in [1.165, 1.54) is 7.11 Å². The molecule has 0 aliphatic heterocycles. The summed E-state index contributed by atoms with van der Waals surface area (Å²) in [5.41, 5.74) is -1.42. The van der Waals surface area contributed by atoms with Crippen LogP contribution in [0.3, 0.4) is 0 Å². The number of rotatable bonds is 9. The molecule has 0 unspecified atom stereocenters. The number of aromatic nitrogens is 2. The van der Waals surface area contributed by atoms with E-state index in [1.54, 1.807) is 0 Å². The summed E-state index contributed by atoms with van der Waals surface area (Å²) in [7, 11) is -3.37. The van der Waals surface area contributed by atoms with Crippen LogP contribution < -0.4 is 11.2 Å². The fraction of sp³-hybridized carbons (Fsp3) is 0.600. The van der Waals surface area contributed by atoms with Gasteiger partial charge in [0.25, 0.3) is 5.56 Å². The average molecular weight is 340 g/mol. The molecule has 0 fully saturated rings. The van der Waals surface area contributed by atoms with Crippen LogP contribution >= 0.6 is 7.82 Å². The molecule has 0 saturated heterocycles. The first-order valence-electron chi connectivity index (χ1n) is 6.03. The molecule has 0 aliphatic carbocycles. The van der Waals surface area contributed by atoms with Crippen LogP contribution in [0.25, 0.3) is 0 Å². The second kappa shape index (κ2) is 8.34. The SMILES string of the molecule is COC[C@@H](COP(=O)(O)O)O[C@H](CO)n1ccc(=O)[nH]c1=O. The Kier molecular flexibility index (Phi) is 7.10. The minimum absolute atomic E-state index is 0.103. The summed E-state index contributed by atoms with van der Waals surface area (Å²) in [6, 6.07) is 1.06. The number of phosphoric acid groups is 1. The quantitative estimate of drug-likeness (QED) is 0.379. The Morgan fingerprint density at radius 1 is 1.36 bits per heavy atom. The Bertz CT molecular complexity index is 621. The third kappa shape index (κ3) is 6.20. The number of aromatic amines is 1. The fourth-order valence-electron chi connectivity index (χ4n) is 1.57. The van der Waals surface area contributed by atoms with Crippen LogP contribution in [0, 0.1) is 0 Å². The predicted octanol–water partition coefficient (Wildman–Crippen LogP) is -1.83. The molecule has 1 aromatic heterocycles. The maximum Gasteiger partial charge on any atom is 0.469 e. The monoisotopic (exact) mass is 340 g/mol. The fourth-order valence-corrected chi connectivity index (χ4v) is 1.93. The first-order chi connectivity index (χ1) is 10.3. The number of hydrogen-bond donors (Lipinski definition) is 4. The van der Waals surface area contributed by atoms with Gasteiger partial charge >= 0.3 is 13.5 Å². The molecular weight excluding hydrogens is 323 g/mol. The van der Waals surface area contributed by atoms with E-state index in [2.05, 4.69) is 4.52 Å².